The summed E-state index contributed by atoms with van der Waals surface area (Å²) in [6, 6.07) is 7.76. The van der Waals surface area contributed by atoms with Gasteiger partial charge in [-0.2, -0.15) is 5.26 Å². The van der Waals surface area contributed by atoms with E-state index in [2.05, 4.69) is 6.07 Å². The average molecular weight is 243 g/mol. The molecule has 92 valence electrons. The molecular weight excluding hydrogens is 229 g/mol. The van der Waals surface area contributed by atoms with Gasteiger partial charge in [-0.3, -0.25) is 4.79 Å². The molecular formula is C15H14FNO. The molecule has 2 nitrogen and oxygen atoms in total. The highest BCUT2D eigenvalue weighted by atomic mass is 19.1. The Balaban J connectivity index is 1.77. The minimum Gasteiger partial charge on any atom is -0.298 e. The Bertz CT molecular complexity index is 506. The number of hydrogen-bond acceptors (Lipinski definition) is 2. The maximum absolute atomic E-state index is 12.8. The topological polar surface area (TPSA) is 40.9 Å². The summed E-state index contributed by atoms with van der Waals surface area (Å²) in [5, 5.41) is 9.19. The van der Waals surface area contributed by atoms with E-state index in [1.165, 1.54) is 30.7 Å². The molecule has 2 saturated carbocycles. The van der Waals surface area contributed by atoms with E-state index in [1.54, 1.807) is 0 Å². The highest BCUT2D eigenvalue weighted by Crippen LogP contribution is 2.55. The number of nitrogens with zero attached hydrogens (tertiary/aromatic N) is 1. The van der Waals surface area contributed by atoms with Crippen LogP contribution in [-0.2, 0) is 4.79 Å². The quantitative estimate of drug-likeness (QED) is 0.818. The molecule has 0 aromatic heterocycles. The van der Waals surface area contributed by atoms with Crippen molar-refractivity contribution in [2.45, 2.75) is 25.2 Å². The van der Waals surface area contributed by atoms with Crippen LogP contribution in [0.1, 0.15) is 30.7 Å². The van der Waals surface area contributed by atoms with Crippen LogP contribution in [0.15, 0.2) is 24.3 Å². The van der Waals surface area contributed by atoms with E-state index in [9.17, 15) is 14.4 Å². The largest absolute Gasteiger partial charge is 0.298 e. The van der Waals surface area contributed by atoms with E-state index in [4.69, 9.17) is 0 Å². The third-order valence-electron chi connectivity index (χ3n) is 4.26. The number of hydrogen-bond donors (Lipinski definition) is 0. The van der Waals surface area contributed by atoms with Gasteiger partial charge in [0.1, 0.15) is 11.7 Å². The number of fused-ring (bicyclic) bond motifs is 1. The Labute approximate surface area is 105 Å². The van der Waals surface area contributed by atoms with E-state index in [0.29, 0.717) is 5.56 Å². The Morgan fingerprint density at radius 1 is 1.22 bits per heavy atom. The maximum Gasteiger partial charge on any atom is 0.157 e. The monoisotopic (exact) mass is 243 g/mol. The molecule has 0 aliphatic heterocycles. The number of carbonyl (C=O) groups is 1. The van der Waals surface area contributed by atoms with Crippen molar-refractivity contribution in [3.63, 3.8) is 0 Å². The van der Waals surface area contributed by atoms with Gasteiger partial charge >= 0.3 is 0 Å². The zero-order valence-corrected chi connectivity index (χ0v) is 9.97. The Morgan fingerprint density at radius 3 is 2.39 bits per heavy atom. The molecule has 0 heterocycles. The van der Waals surface area contributed by atoms with Crippen LogP contribution in [0.2, 0.25) is 0 Å². The highest BCUT2D eigenvalue weighted by molar-refractivity contribution is 5.90. The molecule has 3 unspecified atom stereocenters. The van der Waals surface area contributed by atoms with Crippen molar-refractivity contribution in [2.24, 2.45) is 17.8 Å². The lowest BCUT2D eigenvalue weighted by Crippen LogP contribution is -2.20. The van der Waals surface area contributed by atoms with Gasteiger partial charge in [0.15, 0.2) is 5.78 Å². The number of halogens is 1. The number of benzene rings is 1. The van der Waals surface area contributed by atoms with Gasteiger partial charge in [-0.25, -0.2) is 4.39 Å². The van der Waals surface area contributed by atoms with Crippen molar-refractivity contribution in [1.29, 1.82) is 5.26 Å². The van der Waals surface area contributed by atoms with Gasteiger partial charge in [-0.15, -0.1) is 0 Å². The second-order valence-corrected chi connectivity index (χ2v) is 5.44. The fourth-order valence-corrected chi connectivity index (χ4v) is 3.14. The minimum atomic E-state index is -0.729. The standard InChI is InChI=1S/C15H14FNO/c16-13-3-1-9(2-4-13)14(8-17)15(18)12-6-10-5-11(10)7-12/h1-4,10-12,14H,5-7H2. The molecule has 3 rings (SSSR count). The second-order valence-electron chi connectivity index (χ2n) is 5.44. The van der Waals surface area contributed by atoms with Crippen molar-refractivity contribution in [3.8, 4) is 6.07 Å². The molecule has 0 saturated heterocycles. The SMILES string of the molecule is N#CC(C(=O)C1CC2CC2C1)c1ccc(F)cc1. The molecule has 18 heavy (non-hydrogen) atoms. The first-order valence-electron chi connectivity index (χ1n) is 6.38. The number of ketones is 1. The van der Waals surface area contributed by atoms with E-state index < -0.39 is 5.92 Å². The molecule has 0 amide bonds. The zero-order chi connectivity index (χ0) is 12.7. The van der Waals surface area contributed by atoms with Crippen LogP contribution in [-0.4, -0.2) is 5.78 Å². The van der Waals surface area contributed by atoms with Gasteiger partial charge in [0.2, 0.25) is 0 Å². The summed E-state index contributed by atoms with van der Waals surface area (Å²) in [7, 11) is 0. The first-order valence-corrected chi connectivity index (χ1v) is 6.38. The van der Waals surface area contributed by atoms with Crippen molar-refractivity contribution >= 4 is 5.78 Å². The van der Waals surface area contributed by atoms with E-state index in [0.717, 1.165) is 24.7 Å². The van der Waals surface area contributed by atoms with Crippen molar-refractivity contribution in [2.75, 3.05) is 0 Å². The molecule has 0 radical (unpaired) electrons. The summed E-state index contributed by atoms with van der Waals surface area (Å²) in [6.45, 7) is 0. The normalized spacial score (nSPS) is 30.3. The summed E-state index contributed by atoms with van der Waals surface area (Å²) in [4.78, 5) is 12.3. The van der Waals surface area contributed by atoms with Gasteiger partial charge in [0, 0.05) is 5.92 Å². The van der Waals surface area contributed by atoms with Gasteiger partial charge < -0.3 is 0 Å². The maximum atomic E-state index is 12.8. The lowest BCUT2D eigenvalue weighted by molar-refractivity contribution is -0.123. The molecule has 0 spiro atoms. The van der Waals surface area contributed by atoms with Gasteiger partial charge in [-0.1, -0.05) is 12.1 Å². The number of carbonyl (C=O) groups excluding carboxylic acids is 1. The van der Waals surface area contributed by atoms with Crippen LogP contribution in [0.25, 0.3) is 0 Å². The molecule has 3 atom stereocenters. The predicted molar refractivity (Wildman–Crippen MR) is 64.1 cm³/mol. The first kappa shape index (κ1) is 11.4. The molecule has 3 heteroatoms. The fraction of sp³-hybridized carbons (Fsp3) is 0.467. The molecule has 2 aliphatic carbocycles. The van der Waals surface area contributed by atoms with Gasteiger partial charge in [-0.05, 0) is 48.8 Å². The molecule has 1 aromatic rings. The van der Waals surface area contributed by atoms with E-state index in [1.807, 2.05) is 0 Å². The van der Waals surface area contributed by atoms with Gasteiger partial charge in [0.05, 0.1) is 6.07 Å². The average Bonchev–Trinajstić information content (AvgIpc) is 2.99. The third-order valence-corrected chi connectivity index (χ3v) is 4.26. The Hall–Kier alpha value is -1.69. The second kappa shape index (κ2) is 4.20. The van der Waals surface area contributed by atoms with Crippen LogP contribution in [0.4, 0.5) is 4.39 Å². The van der Waals surface area contributed by atoms with Crippen molar-refractivity contribution < 1.29 is 9.18 Å². The third kappa shape index (κ3) is 1.92. The fourth-order valence-electron chi connectivity index (χ4n) is 3.14. The Morgan fingerprint density at radius 2 is 1.83 bits per heavy atom. The van der Waals surface area contributed by atoms with Gasteiger partial charge in [0.25, 0.3) is 0 Å². The highest BCUT2D eigenvalue weighted by Gasteiger charge is 2.49. The molecule has 1 aromatic carbocycles. The smallest absolute Gasteiger partial charge is 0.157 e. The molecule has 2 fully saturated rings. The zero-order valence-electron chi connectivity index (χ0n) is 9.97. The summed E-state index contributed by atoms with van der Waals surface area (Å²) in [6.07, 6.45) is 3.16. The number of Topliss-reactive ketones (excluding diaryl/α,β-unsaturated/α-hetero) is 1. The van der Waals surface area contributed by atoms with Crippen LogP contribution in [0.3, 0.4) is 0 Å². The van der Waals surface area contributed by atoms with Crippen LogP contribution >= 0.6 is 0 Å². The Kier molecular flexibility index (Phi) is 2.66. The van der Waals surface area contributed by atoms with Crippen molar-refractivity contribution in [1.82, 2.24) is 0 Å². The minimum absolute atomic E-state index is 0.0244. The van der Waals surface area contributed by atoms with E-state index >= 15 is 0 Å². The summed E-state index contributed by atoms with van der Waals surface area (Å²) >= 11 is 0. The van der Waals surface area contributed by atoms with Crippen molar-refractivity contribution in [3.05, 3.63) is 35.6 Å². The van der Waals surface area contributed by atoms with Crippen LogP contribution in [0, 0.1) is 34.9 Å². The summed E-state index contributed by atoms with van der Waals surface area (Å²) in [5.74, 6) is 0.455. The predicted octanol–water partition coefficient (Wildman–Crippen LogP) is 3.05. The lowest BCUT2D eigenvalue weighted by atomic mass is 9.86. The van der Waals surface area contributed by atoms with Crippen LogP contribution < -0.4 is 0 Å². The number of nitriles is 1. The number of rotatable bonds is 3. The first-order chi connectivity index (χ1) is 8.69. The molecule has 0 bridgehead atoms. The van der Waals surface area contributed by atoms with Crippen LogP contribution in [0.5, 0.6) is 0 Å². The molecule has 0 N–H and O–H groups in total. The summed E-state index contributed by atoms with van der Waals surface area (Å²) in [5.41, 5.74) is 0.615. The lowest BCUT2D eigenvalue weighted by Gasteiger charge is -2.15. The summed E-state index contributed by atoms with van der Waals surface area (Å²) < 4.78 is 12.8. The molecule has 2 aliphatic rings. The van der Waals surface area contributed by atoms with E-state index in [-0.39, 0.29) is 17.5 Å².